The molecular weight excluding hydrogens is 404 g/mol. The van der Waals surface area contributed by atoms with E-state index in [4.69, 9.17) is 4.74 Å². The van der Waals surface area contributed by atoms with Gasteiger partial charge in [-0.25, -0.2) is 20.0 Å². The number of esters is 1. The molecule has 166 valence electrons. The second-order valence-electron chi connectivity index (χ2n) is 8.08. The number of allylic oxidation sites excluding steroid dienone is 1. The van der Waals surface area contributed by atoms with E-state index in [1.54, 1.807) is 29.1 Å². The molecule has 1 aromatic heterocycles. The summed E-state index contributed by atoms with van der Waals surface area (Å²) in [7, 11) is 0. The maximum Gasteiger partial charge on any atom is 0.348 e. The molecule has 0 bridgehead atoms. The second kappa shape index (κ2) is 11.9. The Morgan fingerprint density at radius 1 is 1.37 bits per heavy atom. The molecule has 1 aliphatic rings. The summed E-state index contributed by atoms with van der Waals surface area (Å²) in [6, 6.07) is 1.17. The van der Waals surface area contributed by atoms with Crippen LogP contribution in [0.3, 0.4) is 0 Å². The summed E-state index contributed by atoms with van der Waals surface area (Å²) in [5.74, 6) is -1.41. The Kier molecular flexibility index (Phi) is 9.52. The lowest BCUT2D eigenvalue weighted by Crippen LogP contribution is -2.50. The molecule has 3 amide bonds. The van der Waals surface area contributed by atoms with E-state index in [9.17, 15) is 19.6 Å². The van der Waals surface area contributed by atoms with Gasteiger partial charge in [-0.15, -0.1) is 17.9 Å². The van der Waals surface area contributed by atoms with E-state index in [-0.39, 0.29) is 12.0 Å². The molecule has 30 heavy (non-hydrogen) atoms. The topological polar surface area (TPSA) is 95.9 Å². The van der Waals surface area contributed by atoms with Crippen molar-refractivity contribution in [1.82, 2.24) is 10.4 Å². The zero-order chi connectivity index (χ0) is 22.1. The van der Waals surface area contributed by atoms with Crippen LogP contribution in [-0.4, -0.2) is 34.1 Å². The Morgan fingerprint density at radius 2 is 2.07 bits per heavy atom. The van der Waals surface area contributed by atoms with Crippen LogP contribution >= 0.6 is 11.3 Å². The highest BCUT2D eigenvalue weighted by atomic mass is 32.1. The predicted octanol–water partition coefficient (Wildman–Crippen LogP) is 4.83. The van der Waals surface area contributed by atoms with Gasteiger partial charge in [0.1, 0.15) is 6.10 Å². The first-order valence-corrected chi connectivity index (χ1v) is 11.4. The van der Waals surface area contributed by atoms with Crippen molar-refractivity contribution in [3.63, 3.8) is 0 Å². The molecule has 0 spiro atoms. The van der Waals surface area contributed by atoms with Crippen LogP contribution in [0.5, 0.6) is 0 Å². The van der Waals surface area contributed by atoms with Gasteiger partial charge in [0.2, 0.25) is 5.91 Å². The molecule has 2 N–H and O–H groups in total. The number of rotatable bonds is 10. The van der Waals surface area contributed by atoms with Gasteiger partial charge in [0.05, 0.1) is 0 Å². The molecule has 1 fully saturated rings. The Hall–Kier alpha value is -2.19. The van der Waals surface area contributed by atoms with E-state index in [1.807, 2.05) is 13.8 Å². The summed E-state index contributed by atoms with van der Waals surface area (Å²) >= 11 is 1.26. The highest BCUT2D eigenvalue weighted by molar-refractivity contribution is 7.10. The average molecular weight is 437 g/mol. The van der Waals surface area contributed by atoms with E-state index in [2.05, 4.69) is 6.58 Å². The quantitative estimate of drug-likeness (QED) is 0.237. The number of nitrogens with one attached hydrogen (secondary N) is 1. The van der Waals surface area contributed by atoms with Crippen LogP contribution in [-0.2, 0) is 14.3 Å². The smallest absolute Gasteiger partial charge is 0.348 e. The molecule has 0 saturated heterocycles. The minimum atomic E-state index is -1.23. The van der Waals surface area contributed by atoms with Gasteiger partial charge in [-0.05, 0) is 62.3 Å². The Labute approximate surface area is 182 Å². The average Bonchev–Trinajstić information content (AvgIpc) is 3.42. The van der Waals surface area contributed by atoms with Crippen LogP contribution in [0.2, 0.25) is 0 Å². The van der Waals surface area contributed by atoms with E-state index in [0.717, 1.165) is 30.6 Å². The van der Waals surface area contributed by atoms with Gasteiger partial charge in [-0.1, -0.05) is 26.0 Å². The lowest BCUT2D eigenvalue weighted by molar-refractivity contribution is -0.159. The molecule has 2 atom stereocenters. The standard InChI is InChI=1S/C22H32N2O5S/c1-4-5-9-16(14-15(2)3)20(25)24(22(27)23-28)19(18-12-8-13-30-18)21(26)29-17-10-6-7-11-17/h4,8,12-13,15-17,19,28H,1,5-7,9-11,14H2,2-3H3,(H,23,27). The monoisotopic (exact) mass is 436 g/mol. The van der Waals surface area contributed by atoms with E-state index >= 15 is 0 Å². The van der Waals surface area contributed by atoms with Gasteiger partial charge in [0.15, 0.2) is 6.04 Å². The van der Waals surface area contributed by atoms with Gasteiger partial charge in [0, 0.05) is 10.8 Å². The summed E-state index contributed by atoms with van der Waals surface area (Å²) in [6.07, 6.45) is 6.70. The van der Waals surface area contributed by atoms with Gasteiger partial charge in [-0.3, -0.25) is 10.0 Å². The number of ether oxygens (including phenoxy) is 1. The first-order valence-electron chi connectivity index (χ1n) is 10.5. The lowest BCUT2D eigenvalue weighted by Gasteiger charge is -2.31. The fourth-order valence-electron chi connectivity index (χ4n) is 3.86. The van der Waals surface area contributed by atoms with E-state index in [1.165, 1.54) is 11.3 Å². The van der Waals surface area contributed by atoms with Crippen molar-refractivity contribution in [2.24, 2.45) is 11.8 Å². The largest absolute Gasteiger partial charge is 0.461 e. The SMILES string of the molecule is C=CCCC(CC(C)C)C(=O)N(C(=O)NO)C(C(=O)OC1CCCC1)c1cccs1. The molecule has 1 aliphatic carbocycles. The van der Waals surface area contributed by atoms with Gasteiger partial charge in [-0.2, -0.15) is 0 Å². The Bertz CT molecular complexity index is 713. The number of urea groups is 1. The van der Waals surface area contributed by atoms with Crippen molar-refractivity contribution in [1.29, 1.82) is 0 Å². The maximum absolute atomic E-state index is 13.5. The van der Waals surface area contributed by atoms with Gasteiger partial charge >= 0.3 is 12.0 Å². The van der Waals surface area contributed by atoms with Crippen molar-refractivity contribution >= 4 is 29.2 Å². The first kappa shape index (κ1) is 24.1. The van der Waals surface area contributed by atoms with Crippen LogP contribution in [0.25, 0.3) is 0 Å². The number of amides is 3. The summed E-state index contributed by atoms with van der Waals surface area (Å²) in [6.45, 7) is 7.70. The molecule has 2 rings (SSSR count). The first-order chi connectivity index (χ1) is 14.4. The molecule has 1 saturated carbocycles. The number of imide groups is 1. The number of nitrogens with zero attached hydrogens (tertiary/aromatic N) is 1. The summed E-state index contributed by atoms with van der Waals surface area (Å²) in [4.78, 5) is 40.6. The molecule has 0 radical (unpaired) electrons. The molecule has 1 heterocycles. The van der Waals surface area contributed by atoms with Crippen LogP contribution in [0.15, 0.2) is 30.2 Å². The van der Waals surface area contributed by atoms with Crippen molar-refractivity contribution in [2.45, 2.75) is 70.9 Å². The second-order valence-corrected chi connectivity index (χ2v) is 9.06. The molecule has 8 heteroatoms. The molecule has 2 unspecified atom stereocenters. The van der Waals surface area contributed by atoms with Crippen LogP contribution < -0.4 is 5.48 Å². The van der Waals surface area contributed by atoms with Crippen LogP contribution in [0.4, 0.5) is 4.79 Å². The fourth-order valence-corrected chi connectivity index (χ4v) is 4.66. The van der Waals surface area contributed by atoms with Crippen LogP contribution in [0, 0.1) is 11.8 Å². The van der Waals surface area contributed by atoms with Crippen molar-refractivity contribution in [3.8, 4) is 0 Å². The molecule has 7 nitrogen and oxygen atoms in total. The predicted molar refractivity (Wildman–Crippen MR) is 115 cm³/mol. The Morgan fingerprint density at radius 3 is 2.60 bits per heavy atom. The third-order valence-electron chi connectivity index (χ3n) is 5.26. The zero-order valence-corrected chi connectivity index (χ0v) is 18.5. The fraction of sp³-hybridized carbons (Fsp3) is 0.591. The normalized spacial score (nSPS) is 16.1. The Balaban J connectivity index is 2.38. The number of thiophene rings is 1. The van der Waals surface area contributed by atoms with Gasteiger partial charge in [0.25, 0.3) is 0 Å². The number of carbonyl (C=O) groups is 3. The number of hydrogen-bond donors (Lipinski definition) is 2. The molecule has 0 aromatic carbocycles. The number of carbonyl (C=O) groups excluding carboxylic acids is 3. The highest BCUT2D eigenvalue weighted by Crippen LogP contribution is 2.32. The minimum Gasteiger partial charge on any atom is -0.461 e. The summed E-state index contributed by atoms with van der Waals surface area (Å²) in [5.41, 5.74) is 1.54. The third-order valence-corrected chi connectivity index (χ3v) is 6.18. The molecule has 1 aromatic rings. The molecular formula is C22H32N2O5S. The zero-order valence-electron chi connectivity index (χ0n) is 17.7. The van der Waals surface area contributed by atoms with Crippen molar-refractivity contribution < 1.29 is 24.3 Å². The maximum atomic E-state index is 13.5. The summed E-state index contributed by atoms with van der Waals surface area (Å²) < 4.78 is 5.66. The lowest BCUT2D eigenvalue weighted by atomic mass is 9.91. The summed E-state index contributed by atoms with van der Waals surface area (Å²) in [5, 5.41) is 11.1. The van der Waals surface area contributed by atoms with Crippen LogP contribution in [0.1, 0.15) is 69.7 Å². The highest BCUT2D eigenvalue weighted by Gasteiger charge is 2.41. The van der Waals surface area contributed by atoms with Gasteiger partial charge < -0.3 is 4.74 Å². The third kappa shape index (κ3) is 6.40. The number of hydroxylamine groups is 1. The van der Waals surface area contributed by atoms with E-state index < -0.39 is 29.9 Å². The minimum absolute atomic E-state index is 0.207. The van der Waals surface area contributed by atoms with E-state index in [0.29, 0.717) is 24.1 Å². The molecule has 0 aliphatic heterocycles. The number of hydrogen-bond acceptors (Lipinski definition) is 6. The van der Waals surface area contributed by atoms with Crippen molar-refractivity contribution in [3.05, 3.63) is 35.0 Å². The van der Waals surface area contributed by atoms with Crippen molar-refractivity contribution in [2.75, 3.05) is 0 Å².